The van der Waals surface area contributed by atoms with E-state index in [0.29, 0.717) is 41.3 Å². The van der Waals surface area contributed by atoms with Crippen LogP contribution >= 0.6 is 23.2 Å². The first-order valence-corrected chi connectivity index (χ1v) is 6.99. The van der Waals surface area contributed by atoms with E-state index in [1.807, 2.05) is 0 Å². The number of amides is 1. The van der Waals surface area contributed by atoms with Gasteiger partial charge in [-0.05, 0) is 25.0 Å². The molecule has 2 rings (SSSR count). The Labute approximate surface area is 122 Å². The molecule has 1 amide bonds. The average molecular weight is 300 g/mol. The van der Waals surface area contributed by atoms with E-state index in [-0.39, 0.29) is 17.7 Å². The van der Waals surface area contributed by atoms with Gasteiger partial charge in [0, 0.05) is 25.9 Å². The summed E-state index contributed by atoms with van der Waals surface area (Å²) >= 11 is 12.1. The zero-order valence-corrected chi connectivity index (χ0v) is 12.2. The lowest BCUT2D eigenvalue weighted by Crippen LogP contribution is -2.39. The molecule has 1 fully saturated rings. The summed E-state index contributed by atoms with van der Waals surface area (Å²) in [4.78, 5) is 25.3. The van der Waals surface area contributed by atoms with Crippen molar-refractivity contribution in [1.29, 1.82) is 0 Å². The predicted octanol–water partition coefficient (Wildman–Crippen LogP) is 3.58. The standard InChI is InChI=1S/C14H15Cl2NO2/c1-17(9-5-7-10(18)8-6-9)14(19)13-11(15)3-2-4-12(13)16/h2-4,9H,5-8H2,1H3. The van der Waals surface area contributed by atoms with Crippen molar-refractivity contribution in [2.75, 3.05) is 7.05 Å². The Bertz CT molecular complexity index is 486. The van der Waals surface area contributed by atoms with Crippen LogP contribution in [0.1, 0.15) is 36.0 Å². The van der Waals surface area contributed by atoms with Crippen molar-refractivity contribution in [2.45, 2.75) is 31.7 Å². The molecule has 1 aliphatic rings. The number of halogens is 2. The van der Waals surface area contributed by atoms with Crippen LogP contribution in [0.3, 0.4) is 0 Å². The Morgan fingerprint density at radius 1 is 1.21 bits per heavy atom. The van der Waals surface area contributed by atoms with Gasteiger partial charge in [0.2, 0.25) is 0 Å². The molecule has 3 nitrogen and oxygen atoms in total. The first kappa shape index (κ1) is 14.4. The second-order valence-corrected chi connectivity index (χ2v) is 5.60. The molecule has 0 radical (unpaired) electrons. The van der Waals surface area contributed by atoms with Gasteiger partial charge in [0.05, 0.1) is 15.6 Å². The van der Waals surface area contributed by atoms with Crippen molar-refractivity contribution in [3.63, 3.8) is 0 Å². The molecular formula is C14H15Cl2NO2. The quantitative estimate of drug-likeness (QED) is 0.837. The van der Waals surface area contributed by atoms with Crippen molar-refractivity contribution in [3.8, 4) is 0 Å². The lowest BCUT2D eigenvalue weighted by molar-refractivity contribution is -0.121. The van der Waals surface area contributed by atoms with Gasteiger partial charge in [-0.2, -0.15) is 0 Å². The molecule has 0 aromatic heterocycles. The first-order valence-electron chi connectivity index (χ1n) is 6.23. The summed E-state index contributed by atoms with van der Waals surface area (Å²) in [6, 6.07) is 5.09. The maximum Gasteiger partial charge on any atom is 0.256 e. The van der Waals surface area contributed by atoms with Crippen molar-refractivity contribution >= 4 is 34.9 Å². The normalized spacial score (nSPS) is 16.5. The molecule has 102 valence electrons. The summed E-state index contributed by atoms with van der Waals surface area (Å²) in [5, 5.41) is 0.715. The Morgan fingerprint density at radius 2 is 1.74 bits per heavy atom. The van der Waals surface area contributed by atoms with Gasteiger partial charge < -0.3 is 4.90 Å². The van der Waals surface area contributed by atoms with Gasteiger partial charge in [-0.25, -0.2) is 0 Å². The largest absolute Gasteiger partial charge is 0.339 e. The molecule has 0 atom stereocenters. The first-order chi connectivity index (χ1) is 9.00. The van der Waals surface area contributed by atoms with Gasteiger partial charge in [0.15, 0.2) is 0 Å². The van der Waals surface area contributed by atoms with E-state index in [1.54, 1.807) is 30.1 Å². The minimum Gasteiger partial charge on any atom is -0.339 e. The molecular weight excluding hydrogens is 285 g/mol. The summed E-state index contributed by atoms with van der Waals surface area (Å²) in [5.74, 6) is 0.0859. The maximum atomic E-state index is 12.4. The van der Waals surface area contributed by atoms with Crippen LogP contribution in [0, 0.1) is 0 Å². The van der Waals surface area contributed by atoms with Gasteiger partial charge in [-0.3, -0.25) is 9.59 Å². The van der Waals surface area contributed by atoms with Crippen LogP contribution in [0.4, 0.5) is 0 Å². The lowest BCUT2D eigenvalue weighted by Gasteiger charge is -2.31. The van der Waals surface area contributed by atoms with E-state index < -0.39 is 0 Å². The molecule has 0 N–H and O–H groups in total. The number of Topliss-reactive ketones (excluding diaryl/α,β-unsaturated/α-hetero) is 1. The van der Waals surface area contributed by atoms with Crippen LogP contribution < -0.4 is 0 Å². The lowest BCUT2D eigenvalue weighted by atomic mass is 9.93. The molecule has 0 unspecified atom stereocenters. The highest BCUT2D eigenvalue weighted by atomic mass is 35.5. The van der Waals surface area contributed by atoms with Crippen molar-refractivity contribution < 1.29 is 9.59 Å². The summed E-state index contributed by atoms with van der Waals surface area (Å²) in [7, 11) is 1.74. The number of rotatable bonds is 2. The van der Waals surface area contributed by atoms with Gasteiger partial charge in [-0.1, -0.05) is 29.3 Å². The van der Waals surface area contributed by atoms with Gasteiger partial charge in [0.25, 0.3) is 5.91 Å². The Balaban J connectivity index is 2.17. The van der Waals surface area contributed by atoms with E-state index in [9.17, 15) is 9.59 Å². The van der Waals surface area contributed by atoms with Crippen LogP contribution in [0.5, 0.6) is 0 Å². The van der Waals surface area contributed by atoms with Gasteiger partial charge in [0.1, 0.15) is 5.78 Å². The number of carbonyl (C=O) groups is 2. The minimum absolute atomic E-state index is 0.0811. The fourth-order valence-corrected chi connectivity index (χ4v) is 2.92. The van der Waals surface area contributed by atoms with Crippen LogP contribution in [-0.4, -0.2) is 29.7 Å². The van der Waals surface area contributed by atoms with Crippen LogP contribution in [0.25, 0.3) is 0 Å². The highest BCUT2D eigenvalue weighted by molar-refractivity contribution is 6.39. The van der Waals surface area contributed by atoms with Crippen LogP contribution in [0.2, 0.25) is 10.0 Å². The molecule has 0 spiro atoms. The molecule has 0 saturated heterocycles. The third-order valence-electron chi connectivity index (χ3n) is 3.56. The molecule has 1 aromatic rings. The molecule has 1 aromatic carbocycles. The average Bonchev–Trinajstić information content (AvgIpc) is 2.38. The highest BCUT2D eigenvalue weighted by Crippen LogP contribution is 2.28. The van der Waals surface area contributed by atoms with Crippen LogP contribution in [-0.2, 0) is 4.79 Å². The van der Waals surface area contributed by atoms with Crippen molar-refractivity contribution in [3.05, 3.63) is 33.8 Å². The van der Waals surface area contributed by atoms with Crippen LogP contribution in [0.15, 0.2) is 18.2 Å². The molecule has 19 heavy (non-hydrogen) atoms. The van der Waals surface area contributed by atoms with E-state index >= 15 is 0 Å². The third kappa shape index (κ3) is 3.10. The number of ketones is 1. The van der Waals surface area contributed by atoms with E-state index in [0.717, 1.165) is 0 Å². The maximum absolute atomic E-state index is 12.4. The molecule has 1 saturated carbocycles. The smallest absolute Gasteiger partial charge is 0.256 e. The minimum atomic E-state index is -0.185. The number of carbonyl (C=O) groups excluding carboxylic acids is 2. The fraction of sp³-hybridized carbons (Fsp3) is 0.429. The molecule has 0 aliphatic heterocycles. The predicted molar refractivity (Wildman–Crippen MR) is 75.8 cm³/mol. The summed E-state index contributed by atoms with van der Waals surface area (Å²) in [5.41, 5.74) is 0.338. The highest BCUT2D eigenvalue weighted by Gasteiger charge is 2.27. The SMILES string of the molecule is CN(C(=O)c1c(Cl)cccc1Cl)C1CCC(=O)CC1. The van der Waals surface area contributed by atoms with E-state index in [1.165, 1.54) is 0 Å². The molecule has 5 heteroatoms. The monoisotopic (exact) mass is 299 g/mol. The topological polar surface area (TPSA) is 37.4 Å². The Morgan fingerprint density at radius 3 is 2.26 bits per heavy atom. The summed E-state index contributed by atoms with van der Waals surface area (Å²) in [6.07, 6.45) is 2.50. The van der Waals surface area contributed by atoms with E-state index in [2.05, 4.69) is 0 Å². The molecule has 1 aliphatic carbocycles. The second kappa shape index (κ2) is 5.93. The van der Waals surface area contributed by atoms with Crippen molar-refractivity contribution in [2.24, 2.45) is 0 Å². The zero-order valence-electron chi connectivity index (χ0n) is 10.7. The molecule has 0 heterocycles. The number of benzene rings is 1. The Hall–Kier alpha value is -1.06. The number of nitrogens with zero attached hydrogens (tertiary/aromatic N) is 1. The van der Waals surface area contributed by atoms with Gasteiger partial charge in [-0.15, -0.1) is 0 Å². The summed E-state index contributed by atoms with van der Waals surface area (Å²) < 4.78 is 0. The van der Waals surface area contributed by atoms with E-state index in [4.69, 9.17) is 23.2 Å². The Kier molecular flexibility index (Phi) is 4.48. The van der Waals surface area contributed by atoms with Crippen molar-refractivity contribution in [1.82, 2.24) is 4.90 Å². The third-order valence-corrected chi connectivity index (χ3v) is 4.19. The number of hydrogen-bond acceptors (Lipinski definition) is 2. The molecule has 0 bridgehead atoms. The number of hydrogen-bond donors (Lipinski definition) is 0. The van der Waals surface area contributed by atoms with Gasteiger partial charge >= 0.3 is 0 Å². The second-order valence-electron chi connectivity index (χ2n) is 4.78. The zero-order chi connectivity index (χ0) is 14.0. The fourth-order valence-electron chi connectivity index (χ4n) is 2.36. The summed E-state index contributed by atoms with van der Waals surface area (Å²) in [6.45, 7) is 0.